The van der Waals surface area contributed by atoms with E-state index in [1.807, 2.05) is 49.6 Å². The summed E-state index contributed by atoms with van der Waals surface area (Å²) in [5.74, 6) is -0.511. The molecule has 4 amide bonds. The van der Waals surface area contributed by atoms with Gasteiger partial charge in [0, 0.05) is 36.6 Å². The lowest BCUT2D eigenvalue weighted by molar-refractivity contribution is -0.127. The fourth-order valence-corrected chi connectivity index (χ4v) is 5.68. The van der Waals surface area contributed by atoms with E-state index in [1.54, 1.807) is 38.1 Å². The highest BCUT2D eigenvalue weighted by atomic mass is 16.5. The summed E-state index contributed by atoms with van der Waals surface area (Å²) in [5.41, 5.74) is 13.0. The van der Waals surface area contributed by atoms with Gasteiger partial charge >= 0.3 is 12.1 Å². The van der Waals surface area contributed by atoms with Gasteiger partial charge in [-0.15, -0.1) is 0 Å². The number of hydrogen-bond acceptors (Lipinski definition) is 10. The van der Waals surface area contributed by atoms with Gasteiger partial charge in [-0.25, -0.2) is 19.6 Å². The quantitative estimate of drug-likeness (QED) is 0.0785. The standard InChI is InChI=1S/C37H50N8O7/c1-6-51-20-29-43-31-32(45(29)21-37(4,5)50)26-11-7-8-12-27(26)42-33(31)44-36(49)52-19-23-13-15-25(16-14-23)41-34(47)24(10-9-17-40-35(39)48)18-28(46)30(38)22(2)3/h7-8,11-16,22,24,30,50H,6,9-10,17-21,38H2,1-5H3,(H,41,47)(H3,39,40,48)(H,42,44,49)/t24-,30+/m1/s1. The van der Waals surface area contributed by atoms with Crippen molar-refractivity contribution in [2.24, 2.45) is 23.3 Å². The number of aliphatic hydroxyl groups is 1. The topological polar surface area (TPSA) is 226 Å². The zero-order valence-electron chi connectivity index (χ0n) is 30.4. The predicted molar refractivity (Wildman–Crippen MR) is 198 cm³/mol. The zero-order chi connectivity index (χ0) is 38.0. The van der Waals surface area contributed by atoms with Crippen molar-refractivity contribution in [2.45, 2.75) is 85.3 Å². The molecular weight excluding hydrogens is 668 g/mol. The zero-order valence-corrected chi connectivity index (χ0v) is 30.4. The number of benzene rings is 2. The number of carbonyl (C=O) groups excluding carboxylic acids is 4. The second-order valence-electron chi connectivity index (χ2n) is 13.7. The van der Waals surface area contributed by atoms with Crippen molar-refractivity contribution in [3.8, 4) is 0 Å². The Kier molecular flexibility index (Phi) is 13.6. The van der Waals surface area contributed by atoms with E-state index in [0.29, 0.717) is 53.1 Å². The van der Waals surface area contributed by atoms with Crippen molar-refractivity contribution in [2.75, 3.05) is 23.8 Å². The van der Waals surface area contributed by atoms with Gasteiger partial charge in [-0.3, -0.25) is 14.9 Å². The minimum atomic E-state index is -1.06. The number of anilines is 2. The van der Waals surface area contributed by atoms with Gasteiger partial charge < -0.3 is 41.2 Å². The number of nitrogens with two attached hydrogens (primary N) is 2. The fourth-order valence-electron chi connectivity index (χ4n) is 5.68. The molecule has 2 aromatic carbocycles. The van der Waals surface area contributed by atoms with Crippen molar-refractivity contribution in [3.05, 3.63) is 59.9 Å². The van der Waals surface area contributed by atoms with Crippen molar-refractivity contribution >= 4 is 57.3 Å². The molecule has 2 atom stereocenters. The monoisotopic (exact) mass is 718 g/mol. The fraction of sp³-hybridized carbons (Fsp3) is 0.459. The van der Waals surface area contributed by atoms with Crippen LogP contribution in [0.15, 0.2) is 48.5 Å². The maximum absolute atomic E-state index is 13.2. The summed E-state index contributed by atoms with van der Waals surface area (Å²) in [7, 11) is 0. The molecule has 0 bridgehead atoms. The smallest absolute Gasteiger partial charge is 0.413 e. The second-order valence-corrected chi connectivity index (χ2v) is 13.7. The van der Waals surface area contributed by atoms with Gasteiger partial charge in [0.1, 0.15) is 24.6 Å². The number of urea groups is 1. The molecule has 0 spiro atoms. The summed E-state index contributed by atoms with van der Waals surface area (Å²) in [5, 5.41) is 19.6. The van der Waals surface area contributed by atoms with Gasteiger partial charge in [-0.1, -0.05) is 44.2 Å². The lowest BCUT2D eigenvalue weighted by atomic mass is 9.90. The number of nitrogens with one attached hydrogen (secondary N) is 3. The molecule has 2 aromatic heterocycles. The van der Waals surface area contributed by atoms with Crippen LogP contribution in [0, 0.1) is 11.8 Å². The Morgan fingerprint density at radius 1 is 1.00 bits per heavy atom. The number of primary amides is 1. The molecule has 4 rings (SSSR count). The number of rotatable bonds is 18. The van der Waals surface area contributed by atoms with Crippen LogP contribution in [0.1, 0.15) is 65.3 Å². The number of hydrogen-bond donors (Lipinski definition) is 6. The number of aromatic nitrogens is 3. The van der Waals surface area contributed by atoms with E-state index in [1.165, 1.54) is 0 Å². The first kappa shape index (κ1) is 39.7. The Labute approximate surface area is 302 Å². The Hall–Kier alpha value is -5.12. The van der Waals surface area contributed by atoms with Crippen molar-refractivity contribution < 1.29 is 33.8 Å². The largest absolute Gasteiger partial charge is 0.444 e. The molecule has 15 heteroatoms. The molecule has 0 saturated heterocycles. The van der Waals surface area contributed by atoms with Crippen LogP contribution in [0.2, 0.25) is 0 Å². The van der Waals surface area contributed by atoms with Crippen molar-refractivity contribution in [1.82, 2.24) is 19.9 Å². The predicted octanol–water partition coefficient (Wildman–Crippen LogP) is 4.59. The lowest BCUT2D eigenvalue weighted by Gasteiger charge is -2.20. The third-order valence-corrected chi connectivity index (χ3v) is 8.39. The van der Waals surface area contributed by atoms with Crippen LogP contribution >= 0.6 is 0 Å². The highest BCUT2D eigenvalue weighted by Gasteiger charge is 2.27. The summed E-state index contributed by atoms with van der Waals surface area (Å²) >= 11 is 0. The van der Waals surface area contributed by atoms with Crippen LogP contribution in [0.5, 0.6) is 0 Å². The third kappa shape index (κ3) is 10.9. The molecule has 52 heavy (non-hydrogen) atoms. The Morgan fingerprint density at radius 2 is 1.71 bits per heavy atom. The lowest BCUT2D eigenvalue weighted by Crippen LogP contribution is -2.38. The number of ketones is 1. The van der Waals surface area contributed by atoms with Crippen LogP contribution in [-0.2, 0) is 38.8 Å². The SMILES string of the molecule is CCOCc1nc2c(NC(=O)OCc3ccc(NC(=O)[C@H](CCCNC(N)=O)CC(=O)[C@@H](N)C(C)C)cc3)nc3ccccc3c2n1CC(C)(C)O. The molecule has 0 aliphatic rings. The molecule has 0 radical (unpaired) electrons. The van der Waals surface area contributed by atoms with Gasteiger partial charge in [0.25, 0.3) is 0 Å². The third-order valence-electron chi connectivity index (χ3n) is 8.39. The first-order valence-electron chi connectivity index (χ1n) is 17.4. The average molecular weight is 719 g/mol. The van der Waals surface area contributed by atoms with Crippen LogP contribution in [0.4, 0.5) is 21.1 Å². The van der Waals surface area contributed by atoms with Crippen LogP contribution in [-0.4, -0.2) is 68.3 Å². The summed E-state index contributed by atoms with van der Waals surface area (Å²) < 4.78 is 13.1. The number of amides is 4. The maximum atomic E-state index is 13.2. The van der Waals surface area contributed by atoms with E-state index in [0.717, 1.165) is 5.39 Å². The minimum absolute atomic E-state index is 0.0331. The molecule has 0 fully saturated rings. The number of ether oxygens (including phenoxy) is 2. The molecule has 0 aliphatic heterocycles. The summed E-state index contributed by atoms with van der Waals surface area (Å²) in [6.07, 6.45) is 0.00774. The van der Waals surface area contributed by atoms with Crippen LogP contribution in [0.25, 0.3) is 21.9 Å². The molecule has 0 aliphatic carbocycles. The summed E-state index contributed by atoms with van der Waals surface area (Å²) in [6, 6.07) is 12.9. The normalized spacial score (nSPS) is 12.8. The number of pyridine rings is 1. The molecular formula is C37H50N8O7. The van der Waals surface area contributed by atoms with Crippen LogP contribution in [0.3, 0.4) is 0 Å². The Bertz CT molecular complexity index is 1870. The molecule has 15 nitrogen and oxygen atoms in total. The van der Waals surface area contributed by atoms with Gasteiger partial charge in [-0.05, 0) is 63.3 Å². The Balaban J connectivity index is 1.44. The molecule has 0 saturated carbocycles. The van der Waals surface area contributed by atoms with Crippen LogP contribution < -0.4 is 27.4 Å². The summed E-state index contributed by atoms with van der Waals surface area (Å²) in [4.78, 5) is 59.5. The number of fused-ring (bicyclic) bond motifs is 3. The van der Waals surface area contributed by atoms with E-state index in [4.69, 9.17) is 25.9 Å². The summed E-state index contributed by atoms with van der Waals surface area (Å²) in [6.45, 7) is 10.1. The van der Waals surface area contributed by atoms with E-state index in [-0.39, 0.29) is 56.2 Å². The van der Waals surface area contributed by atoms with Crippen molar-refractivity contribution in [1.29, 1.82) is 0 Å². The second kappa shape index (κ2) is 17.9. The Morgan fingerprint density at radius 3 is 2.37 bits per heavy atom. The molecule has 280 valence electrons. The minimum Gasteiger partial charge on any atom is -0.444 e. The number of carbonyl (C=O) groups is 4. The number of imidazole rings is 1. The van der Waals surface area contributed by atoms with Gasteiger partial charge in [0.2, 0.25) is 5.91 Å². The van der Waals surface area contributed by atoms with Crippen molar-refractivity contribution in [3.63, 3.8) is 0 Å². The number of nitrogens with zero attached hydrogens (tertiary/aromatic N) is 3. The highest BCUT2D eigenvalue weighted by molar-refractivity contribution is 6.09. The van der Waals surface area contributed by atoms with E-state index >= 15 is 0 Å². The van der Waals surface area contributed by atoms with Gasteiger partial charge in [0.05, 0.1) is 29.2 Å². The first-order chi connectivity index (χ1) is 24.7. The molecule has 2 heterocycles. The van der Waals surface area contributed by atoms with E-state index in [9.17, 15) is 24.3 Å². The average Bonchev–Trinajstić information content (AvgIpc) is 3.44. The van der Waals surface area contributed by atoms with Gasteiger partial charge in [0.15, 0.2) is 11.6 Å². The number of Topliss-reactive ketones (excluding diaryl/α,β-unsaturated/α-hetero) is 1. The molecule has 0 unspecified atom stereocenters. The molecule has 8 N–H and O–H groups in total. The first-order valence-corrected chi connectivity index (χ1v) is 17.4. The highest BCUT2D eigenvalue weighted by Crippen LogP contribution is 2.32. The van der Waals surface area contributed by atoms with Gasteiger partial charge in [-0.2, -0.15) is 0 Å². The number of para-hydroxylation sites is 1. The molecule has 4 aromatic rings. The maximum Gasteiger partial charge on any atom is 0.413 e. The van der Waals surface area contributed by atoms with E-state index < -0.39 is 29.7 Å². The van der Waals surface area contributed by atoms with E-state index in [2.05, 4.69) is 20.9 Å².